The number of carbonyl (C=O) groups excluding carboxylic acids is 1. The molecule has 0 N–H and O–H groups in total. The number of nitrogens with zero attached hydrogens (tertiary/aromatic N) is 2. The van der Waals surface area contributed by atoms with E-state index < -0.39 is 8.45 Å². The van der Waals surface area contributed by atoms with E-state index >= 15 is 0 Å². The van der Waals surface area contributed by atoms with Gasteiger partial charge in [0.25, 0.3) is 0 Å². The van der Waals surface area contributed by atoms with Crippen LogP contribution in [0.15, 0.2) is 0 Å². The van der Waals surface area contributed by atoms with Gasteiger partial charge in [0.1, 0.15) is 0 Å². The minimum atomic E-state index is -0.921. The van der Waals surface area contributed by atoms with Gasteiger partial charge in [-0.1, -0.05) is 25.6 Å². The first kappa shape index (κ1) is 26.3. The van der Waals surface area contributed by atoms with Gasteiger partial charge in [0.2, 0.25) is 0 Å². The molecule has 156 valence electrons. The van der Waals surface area contributed by atoms with E-state index in [1.54, 1.807) is 0 Å². The third kappa shape index (κ3) is 9.48. The molecule has 26 heavy (non-hydrogen) atoms. The van der Waals surface area contributed by atoms with E-state index in [0.717, 1.165) is 0 Å². The van der Waals surface area contributed by atoms with Crippen LogP contribution < -0.4 is 0 Å². The molecular formula is C19H41N2O3PS. The highest BCUT2D eigenvalue weighted by Gasteiger charge is 2.34. The predicted molar refractivity (Wildman–Crippen MR) is 115 cm³/mol. The molecule has 0 bridgehead atoms. The number of ether oxygens (including phenoxy) is 1. The Hall–Kier alpha value is 0.290. The van der Waals surface area contributed by atoms with Gasteiger partial charge in [-0.05, 0) is 55.4 Å². The molecule has 0 aliphatic heterocycles. The Labute approximate surface area is 167 Å². The van der Waals surface area contributed by atoms with Gasteiger partial charge in [-0.15, -0.1) is 0 Å². The molecular weight excluding hydrogens is 367 g/mol. The van der Waals surface area contributed by atoms with E-state index in [1.807, 2.05) is 13.8 Å². The predicted octanol–water partition coefficient (Wildman–Crippen LogP) is 5.36. The summed E-state index contributed by atoms with van der Waals surface area (Å²) in [6.45, 7) is 22.3. The molecule has 0 radical (unpaired) electrons. The van der Waals surface area contributed by atoms with Crippen molar-refractivity contribution >= 4 is 25.3 Å². The summed E-state index contributed by atoms with van der Waals surface area (Å²) in [4.78, 5) is 11.6. The van der Waals surface area contributed by atoms with Gasteiger partial charge in [-0.2, -0.15) is 0 Å². The lowest BCUT2D eigenvalue weighted by Crippen LogP contribution is -2.43. The van der Waals surface area contributed by atoms with Crippen molar-refractivity contribution in [1.29, 1.82) is 0 Å². The molecule has 0 fully saturated rings. The van der Waals surface area contributed by atoms with Gasteiger partial charge in [0.15, 0.2) is 20.4 Å². The lowest BCUT2D eigenvalue weighted by molar-refractivity contribution is -0.113. The second-order valence-electron chi connectivity index (χ2n) is 7.87. The van der Waals surface area contributed by atoms with Crippen LogP contribution in [-0.4, -0.2) is 57.8 Å². The fraction of sp³-hybridized carbons (Fsp3) is 0.947. The minimum Gasteiger partial charge on any atom is -0.354 e. The highest BCUT2D eigenvalue weighted by atomic mass is 32.2. The van der Waals surface area contributed by atoms with E-state index in [-0.39, 0.29) is 17.8 Å². The number of thioether (sulfide) groups is 1. The van der Waals surface area contributed by atoms with Crippen LogP contribution in [0.5, 0.6) is 0 Å². The fourth-order valence-corrected chi connectivity index (χ4v) is 5.74. The van der Waals surface area contributed by atoms with Crippen molar-refractivity contribution in [2.75, 3.05) is 19.2 Å². The van der Waals surface area contributed by atoms with Gasteiger partial charge in [0, 0.05) is 35.8 Å². The summed E-state index contributed by atoms with van der Waals surface area (Å²) in [5.41, 5.74) is 0. The molecule has 0 aliphatic carbocycles. The van der Waals surface area contributed by atoms with E-state index in [0.29, 0.717) is 36.5 Å². The van der Waals surface area contributed by atoms with Crippen molar-refractivity contribution in [2.24, 2.45) is 5.92 Å². The third-order valence-electron chi connectivity index (χ3n) is 3.71. The lowest BCUT2D eigenvalue weighted by atomic mass is 10.3. The molecule has 0 aromatic heterocycles. The maximum Gasteiger partial charge on any atom is 0.191 e. The summed E-state index contributed by atoms with van der Waals surface area (Å²) in [5.74, 6) is 0.745. The zero-order chi connectivity index (χ0) is 20.4. The van der Waals surface area contributed by atoms with Crippen molar-refractivity contribution in [1.82, 2.24) is 9.34 Å². The standard InChI is InChI=1S/C19H41N2O3PS/c1-14(2)19(22)26-12-11-23-13-24-25(20(15(3)4)16(5)6)21(17(7)8)18(9)10/h14-18H,11-13H2,1-10H3. The number of carbonyl (C=O) groups is 1. The highest BCUT2D eigenvalue weighted by molar-refractivity contribution is 8.13. The number of hydrogen-bond donors (Lipinski definition) is 0. The second kappa shape index (κ2) is 13.5. The largest absolute Gasteiger partial charge is 0.354 e. The molecule has 0 aromatic rings. The number of hydrogen-bond acceptors (Lipinski definition) is 6. The Morgan fingerprint density at radius 2 is 1.27 bits per heavy atom. The second-order valence-corrected chi connectivity index (χ2v) is 10.7. The van der Waals surface area contributed by atoms with Gasteiger partial charge < -0.3 is 9.26 Å². The molecule has 5 nitrogen and oxygen atoms in total. The Balaban J connectivity index is 4.80. The first-order valence-electron chi connectivity index (χ1n) is 9.74. The van der Waals surface area contributed by atoms with Crippen molar-refractivity contribution in [3.8, 4) is 0 Å². The van der Waals surface area contributed by atoms with Crippen LogP contribution in [-0.2, 0) is 14.1 Å². The summed E-state index contributed by atoms with van der Waals surface area (Å²) < 4.78 is 16.8. The van der Waals surface area contributed by atoms with Gasteiger partial charge >= 0.3 is 0 Å². The molecule has 0 unspecified atom stereocenters. The van der Waals surface area contributed by atoms with E-state index in [9.17, 15) is 4.79 Å². The molecule has 7 heteroatoms. The molecule has 0 saturated carbocycles. The molecule has 0 heterocycles. The molecule has 0 saturated heterocycles. The van der Waals surface area contributed by atoms with Crippen molar-refractivity contribution in [2.45, 2.75) is 93.4 Å². The van der Waals surface area contributed by atoms with Gasteiger partial charge in [-0.3, -0.25) is 4.79 Å². The first-order chi connectivity index (χ1) is 12.0. The Morgan fingerprint density at radius 1 is 0.846 bits per heavy atom. The van der Waals surface area contributed by atoms with E-state index in [4.69, 9.17) is 9.26 Å². The Morgan fingerprint density at radius 3 is 1.62 bits per heavy atom. The smallest absolute Gasteiger partial charge is 0.191 e. The van der Waals surface area contributed by atoms with Crippen LogP contribution in [0, 0.1) is 5.92 Å². The van der Waals surface area contributed by atoms with Gasteiger partial charge in [-0.25, -0.2) is 9.34 Å². The van der Waals surface area contributed by atoms with Crippen molar-refractivity contribution < 1.29 is 14.1 Å². The van der Waals surface area contributed by atoms with Crippen LogP contribution in [0.2, 0.25) is 0 Å². The minimum absolute atomic E-state index is 0.0698. The third-order valence-corrected chi connectivity index (χ3v) is 7.81. The quantitative estimate of drug-likeness (QED) is 0.232. The summed E-state index contributed by atoms with van der Waals surface area (Å²) in [6.07, 6.45) is 0. The normalized spacial score (nSPS) is 13.0. The summed E-state index contributed by atoms with van der Waals surface area (Å²) in [5, 5.41) is 0.216. The van der Waals surface area contributed by atoms with Crippen molar-refractivity contribution in [3.05, 3.63) is 0 Å². The average molecular weight is 409 g/mol. The molecule has 0 aromatic carbocycles. The average Bonchev–Trinajstić information content (AvgIpc) is 2.48. The molecule has 0 atom stereocenters. The zero-order valence-corrected chi connectivity index (χ0v) is 20.2. The Kier molecular flexibility index (Phi) is 13.6. The van der Waals surface area contributed by atoms with E-state index in [2.05, 4.69) is 64.7 Å². The van der Waals surface area contributed by atoms with Crippen LogP contribution >= 0.6 is 20.2 Å². The maximum absolute atomic E-state index is 11.6. The maximum atomic E-state index is 11.6. The monoisotopic (exact) mass is 408 g/mol. The topological polar surface area (TPSA) is 42.0 Å². The highest BCUT2D eigenvalue weighted by Crippen LogP contribution is 2.50. The molecule has 0 aliphatic rings. The first-order valence-corrected chi connectivity index (χ1v) is 11.9. The number of rotatable bonds is 13. The summed E-state index contributed by atoms with van der Waals surface area (Å²) in [7, 11) is -0.921. The molecule has 0 rings (SSSR count). The fourth-order valence-electron chi connectivity index (χ4n) is 2.75. The van der Waals surface area contributed by atoms with Crippen molar-refractivity contribution in [3.63, 3.8) is 0 Å². The molecule has 0 spiro atoms. The van der Waals surface area contributed by atoms with Gasteiger partial charge in [0.05, 0.1) is 6.61 Å². The molecule has 0 amide bonds. The zero-order valence-electron chi connectivity index (χ0n) is 18.5. The van der Waals surface area contributed by atoms with Crippen LogP contribution in [0.25, 0.3) is 0 Å². The summed E-state index contributed by atoms with van der Waals surface area (Å²) in [6, 6.07) is 1.56. The Bertz CT molecular complexity index is 357. The van der Waals surface area contributed by atoms with Crippen LogP contribution in [0.1, 0.15) is 69.2 Å². The summed E-state index contributed by atoms with van der Waals surface area (Å²) >= 11 is 1.34. The van der Waals surface area contributed by atoms with Crippen LogP contribution in [0.4, 0.5) is 0 Å². The van der Waals surface area contributed by atoms with E-state index in [1.165, 1.54) is 11.8 Å². The van der Waals surface area contributed by atoms with Crippen LogP contribution in [0.3, 0.4) is 0 Å². The lowest BCUT2D eigenvalue weighted by Gasteiger charge is -2.45. The SMILES string of the molecule is CC(C)C(=O)SCCOCOP(N(C(C)C)C(C)C)N(C(C)C)C(C)C.